The van der Waals surface area contributed by atoms with Gasteiger partial charge < -0.3 is 4.74 Å². The third-order valence-electron chi connectivity index (χ3n) is 4.19. The van der Waals surface area contributed by atoms with E-state index in [0.717, 1.165) is 16.9 Å². The zero-order valence-corrected chi connectivity index (χ0v) is 14.8. The minimum absolute atomic E-state index is 0.0779. The lowest BCUT2D eigenvalue weighted by atomic mass is 10.0. The van der Waals surface area contributed by atoms with Crippen molar-refractivity contribution in [2.75, 3.05) is 0 Å². The normalized spacial score (nSPS) is 17.6. The highest BCUT2D eigenvalue weighted by molar-refractivity contribution is 6.03. The number of amides is 2. The van der Waals surface area contributed by atoms with E-state index < -0.39 is 0 Å². The van der Waals surface area contributed by atoms with Crippen LogP contribution in [0.15, 0.2) is 36.7 Å². The van der Waals surface area contributed by atoms with Crippen molar-refractivity contribution in [1.82, 2.24) is 14.7 Å². The van der Waals surface area contributed by atoms with E-state index in [4.69, 9.17) is 4.74 Å². The molecule has 1 atom stereocenters. The molecule has 132 valence electrons. The van der Waals surface area contributed by atoms with E-state index in [0.29, 0.717) is 6.42 Å². The van der Waals surface area contributed by atoms with Crippen LogP contribution in [0.25, 0.3) is 0 Å². The first-order valence-corrected chi connectivity index (χ1v) is 8.49. The molecule has 25 heavy (non-hydrogen) atoms. The number of ether oxygens (including phenoxy) is 1. The number of hydrogen-bond acceptors (Lipinski definition) is 4. The number of rotatable bonds is 6. The first kappa shape index (κ1) is 17.2. The second-order valence-corrected chi connectivity index (χ2v) is 6.76. The lowest BCUT2D eigenvalue weighted by Crippen LogP contribution is -2.30. The van der Waals surface area contributed by atoms with Gasteiger partial charge in [-0.05, 0) is 43.5 Å². The Hall–Kier alpha value is -2.63. The SMILES string of the molecule is CC(C)Oc1cccc(CN2C(=O)C[C@@H](Cc3cnn(C)c3)C2=O)c1. The highest BCUT2D eigenvalue weighted by atomic mass is 16.5. The van der Waals surface area contributed by atoms with Crippen molar-refractivity contribution >= 4 is 11.8 Å². The van der Waals surface area contributed by atoms with E-state index in [-0.39, 0.29) is 36.8 Å². The van der Waals surface area contributed by atoms with Crippen LogP contribution in [0.5, 0.6) is 5.75 Å². The third kappa shape index (κ3) is 4.07. The molecule has 1 saturated heterocycles. The van der Waals surface area contributed by atoms with Crippen LogP contribution in [0.3, 0.4) is 0 Å². The monoisotopic (exact) mass is 341 g/mol. The Balaban J connectivity index is 1.68. The predicted octanol–water partition coefficient (Wildman–Crippen LogP) is 2.33. The van der Waals surface area contributed by atoms with Gasteiger partial charge >= 0.3 is 0 Å². The minimum Gasteiger partial charge on any atom is -0.491 e. The summed E-state index contributed by atoms with van der Waals surface area (Å²) in [6, 6.07) is 7.55. The van der Waals surface area contributed by atoms with Crippen molar-refractivity contribution in [1.29, 1.82) is 0 Å². The van der Waals surface area contributed by atoms with Crippen molar-refractivity contribution in [2.45, 2.75) is 39.3 Å². The zero-order valence-electron chi connectivity index (χ0n) is 14.8. The van der Waals surface area contributed by atoms with E-state index >= 15 is 0 Å². The topological polar surface area (TPSA) is 64.4 Å². The van der Waals surface area contributed by atoms with Gasteiger partial charge in [-0.15, -0.1) is 0 Å². The molecule has 1 aromatic heterocycles. The number of benzene rings is 1. The second kappa shape index (κ2) is 7.09. The van der Waals surface area contributed by atoms with Crippen molar-refractivity contribution < 1.29 is 14.3 Å². The highest BCUT2D eigenvalue weighted by Crippen LogP contribution is 2.26. The number of hydrogen-bond donors (Lipinski definition) is 0. The van der Waals surface area contributed by atoms with Gasteiger partial charge in [0.15, 0.2) is 0 Å². The van der Waals surface area contributed by atoms with Crippen molar-refractivity contribution in [3.05, 3.63) is 47.8 Å². The molecule has 2 amide bonds. The van der Waals surface area contributed by atoms with Crippen LogP contribution in [0.2, 0.25) is 0 Å². The fourth-order valence-electron chi connectivity index (χ4n) is 3.11. The summed E-state index contributed by atoms with van der Waals surface area (Å²) in [5.74, 6) is 0.225. The van der Waals surface area contributed by atoms with Crippen LogP contribution in [0.1, 0.15) is 31.4 Å². The summed E-state index contributed by atoms with van der Waals surface area (Å²) in [5.41, 5.74) is 1.87. The van der Waals surface area contributed by atoms with E-state index in [9.17, 15) is 9.59 Å². The van der Waals surface area contributed by atoms with E-state index in [2.05, 4.69) is 5.10 Å². The van der Waals surface area contributed by atoms with Crippen molar-refractivity contribution in [2.24, 2.45) is 13.0 Å². The molecule has 1 fully saturated rings. The number of likely N-dealkylation sites (tertiary alicyclic amines) is 1. The van der Waals surface area contributed by atoms with Gasteiger partial charge in [0.1, 0.15) is 5.75 Å². The van der Waals surface area contributed by atoms with Gasteiger partial charge in [-0.2, -0.15) is 5.10 Å². The molecule has 6 nitrogen and oxygen atoms in total. The van der Waals surface area contributed by atoms with E-state index in [1.807, 2.05) is 51.4 Å². The average molecular weight is 341 g/mol. The molecule has 2 heterocycles. The second-order valence-electron chi connectivity index (χ2n) is 6.76. The lowest BCUT2D eigenvalue weighted by Gasteiger charge is -2.16. The lowest BCUT2D eigenvalue weighted by molar-refractivity contribution is -0.140. The summed E-state index contributed by atoms with van der Waals surface area (Å²) in [6.45, 7) is 4.21. The van der Waals surface area contributed by atoms with Gasteiger partial charge in [-0.3, -0.25) is 19.2 Å². The summed E-state index contributed by atoms with van der Waals surface area (Å²) < 4.78 is 7.38. The Kier molecular flexibility index (Phi) is 4.88. The molecule has 6 heteroatoms. The molecule has 0 unspecified atom stereocenters. The first-order chi connectivity index (χ1) is 11.9. The van der Waals surface area contributed by atoms with Gasteiger partial charge in [0.2, 0.25) is 11.8 Å². The fourth-order valence-corrected chi connectivity index (χ4v) is 3.11. The number of nitrogens with zero attached hydrogens (tertiary/aromatic N) is 3. The van der Waals surface area contributed by atoms with Crippen LogP contribution in [-0.2, 0) is 29.6 Å². The third-order valence-corrected chi connectivity index (χ3v) is 4.19. The Morgan fingerprint density at radius 2 is 2.08 bits per heavy atom. The van der Waals surface area contributed by atoms with Crippen LogP contribution < -0.4 is 4.74 Å². The van der Waals surface area contributed by atoms with Gasteiger partial charge in [-0.25, -0.2) is 0 Å². The zero-order chi connectivity index (χ0) is 18.0. The molecule has 2 aromatic rings. The molecule has 1 aliphatic rings. The molecule has 1 aliphatic heterocycles. The molecule has 0 aliphatic carbocycles. The van der Waals surface area contributed by atoms with E-state index in [1.54, 1.807) is 10.9 Å². The molecule has 0 bridgehead atoms. The van der Waals surface area contributed by atoms with Gasteiger partial charge in [0.25, 0.3) is 0 Å². The fraction of sp³-hybridized carbons (Fsp3) is 0.421. The largest absolute Gasteiger partial charge is 0.491 e. The number of carbonyl (C=O) groups is 2. The van der Waals surface area contributed by atoms with Crippen LogP contribution in [0, 0.1) is 5.92 Å². The summed E-state index contributed by atoms with van der Waals surface area (Å²) >= 11 is 0. The maximum Gasteiger partial charge on any atom is 0.233 e. The Labute approximate surface area is 147 Å². The average Bonchev–Trinajstić information content (AvgIpc) is 3.06. The van der Waals surface area contributed by atoms with Crippen molar-refractivity contribution in [3.63, 3.8) is 0 Å². The molecule has 1 aromatic carbocycles. The molecular formula is C19H23N3O3. The van der Waals surface area contributed by atoms with Crippen LogP contribution in [-0.4, -0.2) is 32.6 Å². The molecule has 3 rings (SSSR count). The smallest absolute Gasteiger partial charge is 0.233 e. The maximum absolute atomic E-state index is 12.6. The Morgan fingerprint density at radius 1 is 1.28 bits per heavy atom. The van der Waals surface area contributed by atoms with Gasteiger partial charge in [0.05, 0.1) is 24.8 Å². The number of aryl methyl sites for hydroxylation is 1. The standard InChI is InChI=1S/C19H23N3O3/c1-13(2)25-17-6-4-5-14(8-17)12-22-18(23)9-16(19(22)24)7-15-10-20-21(3)11-15/h4-6,8,10-11,13,16H,7,9,12H2,1-3H3/t16-/m1/s1. The Morgan fingerprint density at radius 3 is 2.76 bits per heavy atom. The summed E-state index contributed by atoms with van der Waals surface area (Å²) in [4.78, 5) is 26.3. The molecule has 0 radical (unpaired) electrons. The molecule has 0 N–H and O–H groups in total. The summed E-state index contributed by atoms with van der Waals surface area (Å²) in [6.07, 6.45) is 4.51. The summed E-state index contributed by atoms with van der Waals surface area (Å²) in [5, 5.41) is 4.12. The summed E-state index contributed by atoms with van der Waals surface area (Å²) in [7, 11) is 1.84. The number of aromatic nitrogens is 2. The van der Waals surface area contributed by atoms with Gasteiger partial charge in [-0.1, -0.05) is 12.1 Å². The van der Waals surface area contributed by atoms with Crippen molar-refractivity contribution in [3.8, 4) is 5.75 Å². The molecule has 0 saturated carbocycles. The van der Waals surface area contributed by atoms with Gasteiger partial charge in [0, 0.05) is 19.7 Å². The molecular weight excluding hydrogens is 318 g/mol. The number of imide groups is 1. The Bertz CT molecular complexity index is 782. The maximum atomic E-state index is 12.6. The van der Waals surface area contributed by atoms with Crippen LogP contribution >= 0.6 is 0 Å². The first-order valence-electron chi connectivity index (χ1n) is 8.49. The quantitative estimate of drug-likeness (QED) is 0.757. The number of carbonyl (C=O) groups excluding carboxylic acids is 2. The minimum atomic E-state index is -0.299. The molecule has 0 spiro atoms. The predicted molar refractivity (Wildman–Crippen MR) is 92.8 cm³/mol. The van der Waals surface area contributed by atoms with E-state index in [1.165, 1.54) is 4.90 Å². The highest BCUT2D eigenvalue weighted by Gasteiger charge is 2.38. The van der Waals surface area contributed by atoms with Crippen LogP contribution in [0.4, 0.5) is 0 Å².